The lowest BCUT2D eigenvalue weighted by Gasteiger charge is -2.42. The topological polar surface area (TPSA) is 20.3 Å². The van der Waals surface area contributed by atoms with Gasteiger partial charge in [-0.3, -0.25) is 4.79 Å². The monoisotopic (exact) mass is 215 g/mol. The highest BCUT2D eigenvalue weighted by Gasteiger charge is 2.40. The number of hydrogen-bond acceptors (Lipinski definition) is 1. The Morgan fingerprint density at radius 2 is 2.00 bits per heavy atom. The van der Waals surface area contributed by atoms with E-state index >= 15 is 0 Å². The number of benzene rings is 1. The zero-order valence-corrected chi connectivity index (χ0v) is 9.65. The molecule has 0 aliphatic carbocycles. The fourth-order valence-electron chi connectivity index (χ4n) is 2.12. The third-order valence-electron chi connectivity index (χ3n) is 3.05. The molecule has 1 heterocycles. The van der Waals surface area contributed by atoms with Crippen LogP contribution in [-0.4, -0.2) is 17.4 Å². The molecule has 1 aliphatic rings. The van der Waals surface area contributed by atoms with Crippen LogP contribution in [0.25, 0.3) is 0 Å². The molecular weight excluding hydrogens is 198 g/mol. The van der Waals surface area contributed by atoms with Crippen molar-refractivity contribution in [3.8, 4) is 0 Å². The van der Waals surface area contributed by atoms with Crippen LogP contribution >= 0.6 is 0 Å². The maximum atomic E-state index is 11.7. The Labute approximate surface area is 96.6 Å². The van der Waals surface area contributed by atoms with E-state index in [-0.39, 0.29) is 11.9 Å². The molecule has 1 saturated heterocycles. The molecule has 1 amide bonds. The summed E-state index contributed by atoms with van der Waals surface area (Å²) in [6.45, 7) is 6.84. The van der Waals surface area contributed by atoms with E-state index in [0.717, 1.165) is 25.0 Å². The van der Waals surface area contributed by atoms with Gasteiger partial charge in [-0.1, -0.05) is 50.3 Å². The highest BCUT2D eigenvalue weighted by molar-refractivity contribution is 6.01. The van der Waals surface area contributed by atoms with Gasteiger partial charge in [-0.05, 0) is 12.0 Å². The molecule has 2 rings (SSSR count). The lowest BCUT2D eigenvalue weighted by molar-refractivity contribution is -0.137. The van der Waals surface area contributed by atoms with Gasteiger partial charge in [0.15, 0.2) is 0 Å². The zero-order valence-electron chi connectivity index (χ0n) is 9.65. The first-order chi connectivity index (χ1) is 7.75. The lowest BCUT2D eigenvalue weighted by Crippen LogP contribution is -2.48. The second kappa shape index (κ2) is 4.52. The third-order valence-corrected chi connectivity index (χ3v) is 3.05. The molecule has 0 N–H and O–H groups in total. The zero-order chi connectivity index (χ0) is 11.5. The molecule has 0 bridgehead atoms. The normalized spacial score (nSPS) is 19.8. The van der Waals surface area contributed by atoms with E-state index in [2.05, 4.69) is 25.6 Å². The van der Waals surface area contributed by atoms with Gasteiger partial charge < -0.3 is 4.90 Å². The maximum Gasteiger partial charge on any atom is 0.252 e. The average Bonchev–Trinajstić information content (AvgIpc) is 2.34. The Morgan fingerprint density at radius 3 is 2.62 bits per heavy atom. The number of unbranched alkanes of at least 4 members (excludes halogenated alkanes) is 1. The summed E-state index contributed by atoms with van der Waals surface area (Å²) < 4.78 is 0. The number of β-lactam (4-membered cyclic amide) rings is 1. The molecule has 16 heavy (non-hydrogen) atoms. The summed E-state index contributed by atoms with van der Waals surface area (Å²) in [7, 11) is 0. The maximum absolute atomic E-state index is 11.7. The second-order valence-corrected chi connectivity index (χ2v) is 4.19. The molecule has 1 atom stereocenters. The van der Waals surface area contributed by atoms with Crippen molar-refractivity contribution in [1.82, 2.24) is 4.90 Å². The molecule has 1 fully saturated rings. The van der Waals surface area contributed by atoms with Gasteiger partial charge in [0.25, 0.3) is 5.91 Å². The van der Waals surface area contributed by atoms with Crippen molar-refractivity contribution in [2.24, 2.45) is 0 Å². The van der Waals surface area contributed by atoms with Gasteiger partial charge in [-0.15, -0.1) is 0 Å². The van der Waals surface area contributed by atoms with E-state index in [9.17, 15) is 4.79 Å². The van der Waals surface area contributed by atoms with Crippen LogP contribution in [0.2, 0.25) is 0 Å². The van der Waals surface area contributed by atoms with E-state index in [1.165, 1.54) is 5.56 Å². The molecule has 1 aromatic carbocycles. The molecule has 0 spiro atoms. The quantitative estimate of drug-likeness (QED) is 0.558. The van der Waals surface area contributed by atoms with E-state index in [0.29, 0.717) is 0 Å². The Hall–Kier alpha value is -1.57. The first-order valence-corrected chi connectivity index (χ1v) is 5.80. The number of carbonyl (C=O) groups excluding carboxylic acids is 1. The Kier molecular flexibility index (Phi) is 3.09. The molecule has 2 nitrogen and oxygen atoms in total. The molecule has 1 aliphatic heterocycles. The third kappa shape index (κ3) is 1.75. The van der Waals surface area contributed by atoms with E-state index in [1.54, 1.807) is 0 Å². The van der Waals surface area contributed by atoms with Gasteiger partial charge in [0, 0.05) is 12.1 Å². The van der Waals surface area contributed by atoms with Gasteiger partial charge in [0.1, 0.15) is 0 Å². The standard InChI is InChI=1S/C14H17NO/c1-3-4-10-15-13(11(2)14(15)16)12-8-6-5-7-9-12/h5-9,13H,2-4,10H2,1H3/t13-/m0/s1. The summed E-state index contributed by atoms with van der Waals surface area (Å²) in [6.07, 6.45) is 2.17. The summed E-state index contributed by atoms with van der Waals surface area (Å²) in [4.78, 5) is 13.6. The van der Waals surface area contributed by atoms with Crippen molar-refractivity contribution in [2.75, 3.05) is 6.54 Å². The van der Waals surface area contributed by atoms with Crippen LogP contribution in [0.15, 0.2) is 42.5 Å². The molecule has 2 heteroatoms. The summed E-state index contributed by atoms with van der Waals surface area (Å²) in [5.41, 5.74) is 1.89. The molecule has 1 aromatic rings. The first-order valence-electron chi connectivity index (χ1n) is 5.80. The summed E-state index contributed by atoms with van der Waals surface area (Å²) in [5.74, 6) is 0.113. The number of rotatable bonds is 4. The summed E-state index contributed by atoms with van der Waals surface area (Å²) in [6, 6.07) is 10.2. The second-order valence-electron chi connectivity index (χ2n) is 4.19. The van der Waals surface area contributed by atoms with Gasteiger partial charge >= 0.3 is 0 Å². The Morgan fingerprint density at radius 1 is 1.31 bits per heavy atom. The van der Waals surface area contributed by atoms with Crippen LogP contribution in [0.4, 0.5) is 0 Å². The van der Waals surface area contributed by atoms with Gasteiger partial charge in [0.2, 0.25) is 0 Å². The number of amides is 1. The smallest absolute Gasteiger partial charge is 0.252 e. The van der Waals surface area contributed by atoms with Gasteiger partial charge in [0.05, 0.1) is 6.04 Å². The first kappa shape index (κ1) is 10.9. The molecule has 0 aromatic heterocycles. The Bertz CT molecular complexity index is 396. The van der Waals surface area contributed by atoms with Crippen molar-refractivity contribution < 1.29 is 4.79 Å². The fourth-order valence-corrected chi connectivity index (χ4v) is 2.12. The number of nitrogens with zero attached hydrogens (tertiary/aromatic N) is 1. The predicted molar refractivity (Wildman–Crippen MR) is 64.9 cm³/mol. The van der Waals surface area contributed by atoms with Crippen LogP contribution in [0.1, 0.15) is 31.4 Å². The number of likely N-dealkylation sites (tertiary alicyclic amines) is 1. The van der Waals surface area contributed by atoms with Crippen molar-refractivity contribution >= 4 is 5.91 Å². The van der Waals surface area contributed by atoms with Crippen molar-refractivity contribution in [1.29, 1.82) is 0 Å². The lowest BCUT2D eigenvalue weighted by atomic mass is 9.89. The van der Waals surface area contributed by atoms with Crippen molar-refractivity contribution in [3.63, 3.8) is 0 Å². The van der Waals surface area contributed by atoms with Crippen LogP contribution < -0.4 is 0 Å². The predicted octanol–water partition coefficient (Wildman–Crippen LogP) is 2.93. The molecule has 84 valence electrons. The Balaban J connectivity index is 2.14. The fraction of sp³-hybridized carbons (Fsp3) is 0.357. The van der Waals surface area contributed by atoms with Crippen LogP contribution in [-0.2, 0) is 4.79 Å². The molecule has 0 unspecified atom stereocenters. The minimum absolute atomic E-state index is 0.111. The van der Waals surface area contributed by atoms with E-state index in [1.807, 2.05) is 23.1 Å². The van der Waals surface area contributed by atoms with Crippen LogP contribution in [0.3, 0.4) is 0 Å². The largest absolute Gasteiger partial charge is 0.328 e. The minimum Gasteiger partial charge on any atom is -0.328 e. The average molecular weight is 215 g/mol. The SMILES string of the molecule is C=C1C(=O)N(CCCC)[C@@H]1c1ccccc1. The number of carbonyl (C=O) groups is 1. The van der Waals surface area contributed by atoms with Crippen LogP contribution in [0, 0.1) is 0 Å². The van der Waals surface area contributed by atoms with E-state index in [4.69, 9.17) is 0 Å². The number of hydrogen-bond donors (Lipinski definition) is 0. The molecule has 0 radical (unpaired) electrons. The molecular formula is C14H17NO. The highest BCUT2D eigenvalue weighted by atomic mass is 16.2. The van der Waals surface area contributed by atoms with Crippen molar-refractivity contribution in [3.05, 3.63) is 48.0 Å². The van der Waals surface area contributed by atoms with Crippen LogP contribution in [0.5, 0.6) is 0 Å². The summed E-state index contributed by atoms with van der Waals surface area (Å²) in [5, 5.41) is 0. The van der Waals surface area contributed by atoms with E-state index < -0.39 is 0 Å². The summed E-state index contributed by atoms with van der Waals surface area (Å²) >= 11 is 0. The van der Waals surface area contributed by atoms with Crippen molar-refractivity contribution in [2.45, 2.75) is 25.8 Å². The van der Waals surface area contributed by atoms with Gasteiger partial charge in [-0.2, -0.15) is 0 Å². The molecule has 0 saturated carbocycles. The van der Waals surface area contributed by atoms with Gasteiger partial charge in [-0.25, -0.2) is 0 Å². The minimum atomic E-state index is 0.111. The highest BCUT2D eigenvalue weighted by Crippen LogP contribution is 2.38.